The fourth-order valence-electron chi connectivity index (χ4n) is 1.92. The van der Waals surface area contributed by atoms with E-state index in [0.717, 1.165) is 4.90 Å². The Morgan fingerprint density at radius 1 is 1.50 bits per heavy atom. The SMILES string of the molecule is CC(CS)C(=O)N(CC(=O)O)C1CCS(=O)(=O)C1. The van der Waals surface area contributed by atoms with Gasteiger partial charge in [-0.2, -0.15) is 12.6 Å². The maximum atomic E-state index is 12.0. The first-order chi connectivity index (χ1) is 8.26. The summed E-state index contributed by atoms with van der Waals surface area (Å²) in [6.45, 7) is 1.19. The zero-order chi connectivity index (χ0) is 13.9. The Hall–Kier alpha value is -0.760. The average Bonchev–Trinajstić information content (AvgIpc) is 2.64. The lowest BCUT2D eigenvalue weighted by molar-refractivity contribution is -0.147. The summed E-state index contributed by atoms with van der Waals surface area (Å²) < 4.78 is 22.8. The molecule has 1 aliphatic rings. The highest BCUT2D eigenvalue weighted by atomic mass is 32.2. The standard InChI is InChI=1S/C10H17NO5S2/c1-7(5-17)10(14)11(4-9(12)13)8-2-3-18(15,16)6-8/h7-8,17H,2-6H2,1H3,(H,12,13). The first kappa shape index (κ1) is 15.3. The van der Waals surface area contributed by atoms with Crippen molar-refractivity contribution in [3.63, 3.8) is 0 Å². The van der Waals surface area contributed by atoms with Gasteiger partial charge in [-0.15, -0.1) is 0 Å². The van der Waals surface area contributed by atoms with E-state index in [2.05, 4.69) is 12.6 Å². The van der Waals surface area contributed by atoms with Gasteiger partial charge in [0.25, 0.3) is 0 Å². The van der Waals surface area contributed by atoms with Crippen LogP contribution in [0.1, 0.15) is 13.3 Å². The molecule has 0 aliphatic carbocycles. The summed E-state index contributed by atoms with van der Waals surface area (Å²) in [4.78, 5) is 24.0. The summed E-state index contributed by atoms with van der Waals surface area (Å²) in [5, 5.41) is 8.82. The molecule has 1 rings (SSSR count). The molecule has 1 fully saturated rings. The molecule has 2 atom stereocenters. The molecule has 2 unspecified atom stereocenters. The second-order valence-electron chi connectivity index (χ2n) is 4.50. The van der Waals surface area contributed by atoms with E-state index in [1.807, 2.05) is 0 Å². The Morgan fingerprint density at radius 3 is 2.50 bits per heavy atom. The Kier molecular flexibility index (Phi) is 5.03. The number of thiol groups is 1. The summed E-state index contributed by atoms with van der Waals surface area (Å²) >= 11 is 4.00. The summed E-state index contributed by atoms with van der Waals surface area (Å²) in [5.74, 6) is -1.75. The molecular weight excluding hydrogens is 278 g/mol. The van der Waals surface area contributed by atoms with Gasteiger partial charge in [-0.1, -0.05) is 6.92 Å². The lowest BCUT2D eigenvalue weighted by Gasteiger charge is -2.28. The fourth-order valence-corrected chi connectivity index (χ4v) is 3.80. The van der Waals surface area contributed by atoms with Crippen LogP contribution in [0.25, 0.3) is 0 Å². The third-order valence-electron chi connectivity index (χ3n) is 2.93. The lowest BCUT2D eigenvalue weighted by atomic mass is 10.1. The molecule has 0 aromatic rings. The van der Waals surface area contributed by atoms with Gasteiger partial charge in [-0.3, -0.25) is 9.59 Å². The van der Waals surface area contributed by atoms with E-state index < -0.39 is 34.3 Å². The van der Waals surface area contributed by atoms with E-state index in [-0.39, 0.29) is 17.4 Å². The molecule has 8 heteroatoms. The molecule has 1 N–H and O–H groups in total. The van der Waals surface area contributed by atoms with Crippen LogP contribution in [0.15, 0.2) is 0 Å². The maximum Gasteiger partial charge on any atom is 0.323 e. The van der Waals surface area contributed by atoms with Crippen LogP contribution in [0.2, 0.25) is 0 Å². The highest BCUT2D eigenvalue weighted by Gasteiger charge is 2.36. The highest BCUT2D eigenvalue weighted by molar-refractivity contribution is 7.91. The van der Waals surface area contributed by atoms with Crippen molar-refractivity contribution in [1.29, 1.82) is 0 Å². The van der Waals surface area contributed by atoms with Crippen LogP contribution in [0, 0.1) is 5.92 Å². The Balaban J connectivity index is 2.85. The summed E-state index contributed by atoms with van der Waals surface area (Å²) in [6, 6.07) is -0.527. The number of amides is 1. The van der Waals surface area contributed by atoms with Gasteiger partial charge in [0.05, 0.1) is 11.5 Å². The van der Waals surface area contributed by atoms with E-state index in [1.165, 1.54) is 0 Å². The van der Waals surface area contributed by atoms with Crippen LogP contribution >= 0.6 is 12.6 Å². The number of hydrogen-bond donors (Lipinski definition) is 2. The van der Waals surface area contributed by atoms with Crippen molar-refractivity contribution >= 4 is 34.3 Å². The predicted octanol–water partition coefficient (Wildman–Crippen LogP) is -0.347. The van der Waals surface area contributed by atoms with Crippen LogP contribution in [0.4, 0.5) is 0 Å². The lowest BCUT2D eigenvalue weighted by Crippen LogP contribution is -2.46. The minimum absolute atomic E-state index is 0.0102. The molecule has 1 aliphatic heterocycles. The highest BCUT2D eigenvalue weighted by Crippen LogP contribution is 2.20. The Labute approximate surface area is 112 Å². The summed E-state index contributed by atoms with van der Waals surface area (Å²) in [7, 11) is -3.15. The number of carbonyl (C=O) groups is 2. The van der Waals surface area contributed by atoms with Crippen LogP contribution in [-0.2, 0) is 19.4 Å². The fraction of sp³-hybridized carbons (Fsp3) is 0.800. The second-order valence-corrected chi connectivity index (χ2v) is 7.09. The van der Waals surface area contributed by atoms with Crippen molar-refractivity contribution in [2.75, 3.05) is 23.8 Å². The maximum absolute atomic E-state index is 12.0. The molecule has 1 amide bonds. The average molecular weight is 295 g/mol. The third-order valence-corrected chi connectivity index (χ3v) is 5.23. The topological polar surface area (TPSA) is 91.8 Å². The molecule has 0 aromatic heterocycles. The molecule has 0 spiro atoms. The number of nitrogens with zero attached hydrogens (tertiary/aromatic N) is 1. The van der Waals surface area contributed by atoms with Crippen molar-refractivity contribution in [2.45, 2.75) is 19.4 Å². The molecule has 104 valence electrons. The van der Waals surface area contributed by atoms with E-state index in [0.29, 0.717) is 12.2 Å². The monoisotopic (exact) mass is 295 g/mol. The molecule has 1 heterocycles. The zero-order valence-electron chi connectivity index (χ0n) is 10.1. The number of carboxylic acid groups (broad SMARTS) is 1. The van der Waals surface area contributed by atoms with E-state index in [9.17, 15) is 18.0 Å². The number of aliphatic carboxylic acids is 1. The van der Waals surface area contributed by atoms with Crippen LogP contribution < -0.4 is 0 Å². The second kappa shape index (κ2) is 5.92. The van der Waals surface area contributed by atoms with Crippen molar-refractivity contribution in [2.24, 2.45) is 5.92 Å². The molecule has 0 saturated carbocycles. The van der Waals surface area contributed by atoms with Gasteiger partial charge in [-0.25, -0.2) is 8.42 Å². The molecule has 0 bridgehead atoms. The van der Waals surface area contributed by atoms with Crippen LogP contribution in [0.5, 0.6) is 0 Å². The van der Waals surface area contributed by atoms with Crippen molar-refractivity contribution in [3.8, 4) is 0 Å². The van der Waals surface area contributed by atoms with Gasteiger partial charge < -0.3 is 10.0 Å². The first-order valence-corrected chi connectivity index (χ1v) is 8.05. The number of carbonyl (C=O) groups excluding carboxylic acids is 1. The normalized spacial score (nSPS) is 23.6. The van der Waals surface area contributed by atoms with Gasteiger partial charge in [-0.05, 0) is 6.42 Å². The smallest absolute Gasteiger partial charge is 0.323 e. The van der Waals surface area contributed by atoms with Gasteiger partial charge in [0.15, 0.2) is 9.84 Å². The molecule has 6 nitrogen and oxygen atoms in total. The van der Waals surface area contributed by atoms with E-state index in [4.69, 9.17) is 5.11 Å². The van der Waals surface area contributed by atoms with Crippen LogP contribution in [-0.4, -0.2) is 60.1 Å². The van der Waals surface area contributed by atoms with Gasteiger partial charge in [0.2, 0.25) is 5.91 Å². The van der Waals surface area contributed by atoms with Gasteiger partial charge in [0.1, 0.15) is 6.54 Å². The van der Waals surface area contributed by atoms with Gasteiger partial charge in [0, 0.05) is 17.7 Å². The third kappa shape index (κ3) is 3.88. The van der Waals surface area contributed by atoms with Crippen molar-refractivity contribution in [3.05, 3.63) is 0 Å². The number of hydrogen-bond acceptors (Lipinski definition) is 5. The quantitative estimate of drug-likeness (QED) is 0.677. The number of sulfone groups is 1. The number of carboxylic acids is 1. The predicted molar refractivity (Wildman–Crippen MR) is 69.4 cm³/mol. The molecule has 1 saturated heterocycles. The van der Waals surface area contributed by atoms with Crippen LogP contribution in [0.3, 0.4) is 0 Å². The minimum atomic E-state index is -3.15. The first-order valence-electron chi connectivity index (χ1n) is 5.60. The molecular formula is C10H17NO5S2. The number of rotatable bonds is 5. The summed E-state index contributed by atoms with van der Waals surface area (Å²) in [5.41, 5.74) is 0. The largest absolute Gasteiger partial charge is 0.480 e. The van der Waals surface area contributed by atoms with Crippen molar-refractivity contribution in [1.82, 2.24) is 4.90 Å². The summed E-state index contributed by atoms with van der Waals surface area (Å²) in [6.07, 6.45) is 0.306. The van der Waals surface area contributed by atoms with Crippen molar-refractivity contribution < 1.29 is 23.1 Å². The minimum Gasteiger partial charge on any atom is -0.480 e. The molecule has 0 aromatic carbocycles. The molecule has 0 radical (unpaired) electrons. The Morgan fingerprint density at radius 2 is 2.11 bits per heavy atom. The Bertz CT molecular complexity index is 434. The van der Waals surface area contributed by atoms with Gasteiger partial charge >= 0.3 is 5.97 Å². The zero-order valence-corrected chi connectivity index (χ0v) is 11.8. The van der Waals surface area contributed by atoms with E-state index in [1.54, 1.807) is 6.92 Å². The van der Waals surface area contributed by atoms with E-state index >= 15 is 0 Å². The molecule has 18 heavy (non-hydrogen) atoms.